The molecule has 2 aromatic rings. The summed E-state index contributed by atoms with van der Waals surface area (Å²) in [6.07, 6.45) is 0. The minimum Gasteiger partial charge on any atom is -0.477 e. The van der Waals surface area contributed by atoms with Gasteiger partial charge in [-0.05, 0) is 28.1 Å². The van der Waals surface area contributed by atoms with Gasteiger partial charge in [-0.2, -0.15) is 0 Å². The highest BCUT2D eigenvalue weighted by molar-refractivity contribution is 9.11. The number of benzene rings is 1. The molecular formula is C10H5BrClNO2S. The molecule has 0 aliphatic carbocycles. The minimum absolute atomic E-state index is 0.217. The van der Waals surface area contributed by atoms with E-state index in [1.165, 1.54) is 0 Å². The molecule has 0 bridgehead atoms. The summed E-state index contributed by atoms with van der Waals surface area (Å²) in [5.41, 5.74) is 1.20. The van der Waals surface area contributed by atoms with Crippen LogP contribution in [0.4, 0.5) is 0 Å². The van der Waals surface area contributed by atoms with E-state index < -0.39 is 5.97 Å². The zero-order valence-electron chi connectivity index (χ0n) is 7.78. The maximum Gasteiger partial charge on any atom is 0.348 e. The Morgan fingerprint density at radius 1 is 1.38 bits per heavy atom. The molecule has 3 nitrogen and oxygen atoms in total. The SMILES string of the molecule is O=C(O)c1sc(Br)nc1-c1ccc(Cl)cc1. The summed E-state index contributed by atoms with van der Waals surface area (Å²) in [4.78, 5) is 15.4. The average molecular weight is 319 g/mol. The Kier molecular flexibility index (Phi) is 3.28. The van der Waals surface area contributed by atoms with Gasteiger partial charge in [0.2, 0.25) is 0 Å². The summed E-state index contributed by atoms with van der Waals surface area (Å²) in [5.74, 6) is -0.979. The number of aromatic nitrogens is 1. The first-order valence-electron chi connectivity index (χ1n) is 4.23. The lowest BCUT2D eigenvalue weighted by molar-refractivity contribution is 0.0702. The summed E-state index contributed by atoms with van der Waals surface area (Å²) in [6, 6.07) is 6.90. The molecule has 0 amide bonds. The van der Waals surface area contributed by atoms with Crippen LogP contribution in [0.5, 0.6) is 0 Å². The molecule has 16 heavy (non-hydrogen) atoms. The lowest BCUT2D eigenvalue weighted by Gasteiger charge is -1.98. The van der Waals surface area contributed by atoms with Crippen LogP contribution in [-0.4, -0.2) is 16.1 Å². The number of rotatable bonds is 2. The van der Waals surface area contributed by atoms with Crippen LogP contribution in [0.1, 0.15) is 9.67 Å². The highest BCUT2D eigenvalue weighted by Crippen LogP contribution is 2.31. The van der Waals surface area contributed by atoms with Crippen LogP contribution in [0.2, 0.25) is 5.02 Å². The fourth-order valence-electron chi connectivity index (χ4n) is 1.24. The number of carbonyl (C=O) groups is 1. The lowest BCUT2D eigenvalue weighted by Crippen LogP contribution is -1.95. The van der Waals surface area contributed by atoms with Crippen LogP contribution in [0.25, 0.3) is 11.3 Å². The van der Waals surface area contributed by atoms with Gasteiger partial charge in [-0.3, -0.25) is 0 Å². The monoisotopic (exact) mass is 317 g/mol. The van der Waals surface area contributed by atoms with E-state index in [2.05, 4.69) is 20.9 Å². The van der Waals surface area contributed by atoms with Crippen molar-refractivity contribution < 1.29 is 9.90 Å². The topological polar surface area (TPSA) is 50.2 Å². The Labute approximate surface area is 109 Å². The molecule has 0 spiro atoms. The Morgan fingerprint density at radius 3 is 2.56 bits per heavy atom. The van der Waals surface area contributed by atoms with E-state index in [4.69, 9.17) is 16.7 Å². The van der Waals surface area contributed by atoms with Crippen molar-refractivity contribution in [3.8, 4) is 11.3 Å². The first kappa shape index (κ1) is 11.6. The third-order valence-corrected chi connectivity index (χ3v) is 3.66. The molecule has 1 heterocycles. The first-order valence-corrected chi connectivity index (χ1v) is 6.22. The van der Waals surface area contributed by atoms with Crippen molar-refractivity contribution in [3.63, 3.8) is 0 Å². The molecule has 0 saturated carbocycles. The third kappa shape index (κ3) is 2.26. The van der Waals surface area contributed by atoms with Gasteiger partial charge in [0, 0.05) is 10.6 Å². The fourth-order valence-corrected chi connectivity index (χ4v) is 2.68. The number of halogens is 2. The van der Waals surface area contributed by atoms with Gasteiger partial charge in [0.05, 0.1) is 5.69 Å². The van der Waals surface area contributed by atoms with Crippen LogP contribution in [0, 0.1) is 0 Å². The van der Waals surface area contributed by atoms with Crippen molar-refractivity contribution in [3.05, 3.63) is 38.1 Å². The van der Waals surface area contributed by atoms with Gasteiger partial charge in [0.25, 0.3) is 0 Å². The van der Waals surface area contributed by atoms with E-state index in [1.807, 2.05) is 0 Å². The Bertz CT molecular complexity index is 538. The Morgan fingerprint density at radius 2 is 2.00 bits per heavy atom. The smallest absolute Gasteiger partial charge is 0.348 e. The quantitative estimate of drug-likeness (QED) is 0.913. The molecule has 0 aliphatic heterocycles. The molecule has 6 heteroatoms. The highest BCUT2D eigenvalue weighted by atomic mass is 79.9. The molecule has 2 rings (SSSR count). The molecule has 0 aliphatic rings. The number of hydrogen-bond acceptors (Lipinski definition) is 3. The molecule has 0 radical (unpaired) electrons. The Hall–Kier alpha value is -0.910. The number of nitrogens with zero attached hydrogens (tertiary/aromatic N) is 1. The molecule has 1 aromatic carbocycles. The predicted molar refractivity (Wildman–Crippen MR) is 67.2 cm³/mol. The molecule has 0 atom stereocenters. The molecule has 0 unspecified atom stereocenters. The number of thiazole rings is 1. The van der Waals surface area contributed by atoms with E-state index in [9.17, 15) is 4.79 Å². The maximum atomic E-state index is 11.0. The van der Waals surface area contributed by atoms with Gasteiger partial charge >= 0.3 is 5.97 Å². The third-order valence-electron chi connectivity index (χ3n) is 1.91. The standard InChI is InChI=1S/C10H5BrClNO2S/c11-10-13-7(8(16-10)9(14)15)5-1-3-6(12)4-2-5/h1-4H,(H,14,15). The van der Waals surface area contributed by atoms with Crippen LogP contribution >= 0.6 is 38.9 Å². The summed E-state index contributed by atoms with van der Waals surface area (Å²) in [6.45, 7) is 0. The van der Waals surface area contributed by atoms with Crippen molar-refractivity contribution in [2.45, 2.75) is 0 Å². The Balaban J connectivity index is 2.55. The van der Waals surface area contributed by atoms with E-state index in [1.54, 1.807) is 24.3 Å². The van der Waals surface area contributed by atoms with Gasteiger partial charge < -0.3 is 5.11 Å². The number of aromatic carboxylic acids is 1. The maximum absolute atomic E-state index is 11.0. The summed E-state index contributed by atoms with van der Waals surface area (Å²) >= 11 is 10.0. The summed E-state index contributed by atoms with van der Waals surface area (Å²) < 4.78 is 0.551. The zero-order valence-corrected chi connectivity index (χ0v) is 10.9. The van der Waals surface area contributed by atoms with E-state index >= 15 is 0 Å². The van der Waals surface area contributed by atoms with Crippen LogP contribution in [0.3, 0.4) is 0 Å². The van der Waals surface area contributed by atoms with Crippen molar-refractivity contribution >= 4 is 44.8 Å². The fraction of sp³-hybridized carbons (Fsp3) is 0. The van der Waals surface area contributed by atoms with Gasteiger partial charge in [-0.15, -0.1) is 0 Å². The normalized spacial score (nSPS) is 10.4. The molecule has 0 saturated heterocycles. The van der Waals surface area contributed by atoms with Crippen LogP contribution < -0.4 is 0 Å². The molecule has 82 valence electrons. The second-order valence-electron chi connectivity index (χ2n) is 2.96. The van der Waals surface area contributed by atoms with E-state index in [-0.39, 0.29) is 4.88 Å². The largest absolute Gasteiger partial charge is 0.477 e. The summed E-state index contributed by atoms with van der Waals surface area (Å²) in [7, 11) is 0. The van der Waals surface area contributed by atoms with Gasteiger partial charge in [-0.1, -0.05) is 35.1 Å². The second-order valence-corrected chi connectivity index (χ2v) is 5.67. The van der Waals surface area contributed by atoms with Gasteiger partial charge in [-0.25, -0.2) is 9.78 Å². The number of carboxylic acids is 1. The van der Waals surface area contributed by atoms with Crippen molar-refractivity contribution in [2.24, 2.45) is 0 Å². The highest BCUT2D eigenvalue weighted by Gasteiger charge is 2.17. The average Bonchev–Trinajstić information content (AvgIpc) is 2.61. The molecular weight excluding hydrogens is 314 g/mol. The zero-order chi connectivity index (χ0) is 11.7. The van der Waals surface area contributed by atoms with Crippen molar-refractivity contribution in [1.82, 2.24) is 4.98 Å². The molecule has 0 fully saturated rings. The molecule has 1 aromatic heterocycles. The number of hydrogen-bond donors (Lipinski definition) is 1. The molecule has 1 N–H and O–H groups in total. The minimum atomic E-state index is -0.979. The van der Waals surface area contributed by atoms with E-state index in [0.29, 0.717) is 14.6 Å². The second kappa shape index (κ2) is 4.53. The predicted octanol–water partition coefficient (Wildman–Crippen LogP) is 3.92. The van der Waals surface area contributed by atoms with Gasteiger partial charge in [0.1, 0.15) is 4.88 Å². The van der Waals surface area contributed by atoms with Gasteiger partial charge in [0.15, 0.2) is 3.92 Å². The first-order chi connectivity index (χ1) is 7.58. The van der Waals surface area contributed by atoms with Crippen LogP contribution in [-0.2, 0) is 0 Å². The number of carboxylic acid groups (broad SMARTS) is 1. The van der Waals surface area contributed by atoms with Crippen molar-refractivity contribution in [1.29, 1.82) is 0 Å². The summed E-state index contributed by atoms with van der Waals surface area (Å²) in [5, 5.41) is 9.62. The van der Waals surface area contributed by atoms with Crippen LogP contribution in [0.15, 0.2) is 28.2 Å². The van der Waals surface area contributed by atoms with E-state index in [0.717, 1.165) is 16.9 Å². The lowest BCUT2D eigenvalue weighted by atomic mass is 10.1. The van der Waals surface area contributed by atoms with Crippen molar-refractivity contribution in [2.75, 3.05) is 0 Å².